The van der Waals surface area contributed by atoms with Gasteiger partial charge >= 0.3 is 0 Å². The van der Waals surface area contributed by atoms with Crippen LogP contribution in [0.4, 0.5) is 4.39 Å². The van der Waals surface area contributed by atoms with Crippen LogP contribution in [0.2, 0.25) is 0 Å². The number of halogens is 1. The summed E-state index contributed by atoms with van der Waals surface area (Å²) in [7, 11) is 0. The highest BCUT2D eigenvalue weighted by molar-refractivity contribution is 5.37. The molecule has 4 fully saturated rings. The predicted molar refractivity (Wildman–Crippen MR) is 106 cm³/mol. The second-order valence-electron chi connectivity index (χ2n) is 8.83. The number of likely N-dealkylation sites (tertiary alicyclic amines) is 1. The molecule has 4 aliphatic rings. The van der Waals surface area contributed by atoms with Crippen LogP contribution in [-0.4, -0.2) is 81.9 Å². The molecule has 2 atom stereocenters. The molecule has 29 heavy (non-hydrogen) atoms. The molecule has 0 aliphatic carbocycles. The molecule has 1 aromatic rings. The molecular formula is C22H31FN2O4. The SMILES string of the molecule is Fc1ccc(OC[C@H]2COCCO2)c(C2CCN([C@@H]3COC4(CNC4)C3)CC2)c1. The molecular weight excluding hydrogens is 375 g/mol. The van der Waals surface area contributed by atoms with Crippen molar-refractivity contribution in [3.63, 3.8) is 0 Å². The Morgan fingerprint density at radius 2 is 2.03 bits per heavy atom. The molecule has 4 aliphatic heterocycles. The zero-order valence-electron chi connectivity index (χ0n) is 16.9. The van der Waals surface area contributed by atoms with Gasteiger partial charge in [-0.25, -0.2) is 4.39 Å². The van der Waals surface area contributed by atoms with Crippen molar-refractivity contribution in [1.82, 2.24) is 10.2 Å². The van der Waals surface area contributed by atoms with Gasteiger partial charge in [0.2, 0.25) is 0 Å². The summed E-state index contributed by atoms with van der Waals surface area (Å²) >= 11 is 0. The minimum absolute atomic E-state index is 0.0563. The normalized spacial score (nSPS) is 30.4. The van der Waals surface area contributed by atoms with Gasteiger partial charge in [-0.3, -0.25) is 4.90 Å². The first-order valence-corrected chi connectivity index (χ1v) is 10.9. The summed E-state index contributed by atoms with van der Waals surface area (Å²) < 4.78 is 37.3. The van der Waals surface area contributed by atoms with Crippen LogP contribution < -0.4 is 10.1 Å². The average Bonchev–Trinajstić information content (AvgIpc) is 3.20. The topological polar surface area (TPSA) is 52.2 Å². The molecule has 0 aromatic heterocycles. The Morgan fingerprint density at radius 3 is 2.72 bits per heavy atom. The first-order chi connectivity index (χ1) is 14.2. The summed E-state index contributed by atoms with van der Waals surface area (Å²) in [6.45, 7) is 7.09. The highest BCUT2D eigenvalue weighted by Crippen LogP contribution is 2.38. The Labute approximate surface area is 171 Å². The molecule has 1 N–H and O–H groups in total. The lowest BCUT2D eigenvalue weighted by atomic mass is 9.86. The standard InChI is InChI=1S/C22H31FN2O4/c23-17-1-2-21(28-13-19-12-26-7-8-27-19)20(9-17)16-3-5-25(6-4-16)18-10-22(29-11-18)14-24-15-22/h1-2,9,16,18-19,24H,3-8,10-15H2/t18-,19+/m0/s1. The monoisotopic (exact) mass is 406 g/mol. The summed E-state index contributed by atoms with van der Waals surface area (Å²) in [4.78, 5) is 2.57. The minimum Gasteiger partial charge on any atom is -0.490 e. The van der Waals surface area contributed by atoms with E-state index in [-0.39, 0.29) is 17.5 Å². The van der Waals surface area contributed by atoms with Gasteiger partial charge in [0.15, 0.2) is 0 Å². The predicted octanol–water partition coefficient (Wildman–Crippen LogP) is 1.93. The van der Waals surface area contributed by atoms with Crippen molar-refractivity contribution in [1.29, 1.82) is 0 Å². The highest BCUT2D eigenvalue weighted by atomic mass is 19.1. The third kappa shape index (κ3) is 4.30. The fourth-order valence-corrected chi connectivity index (χ4v) is 5.07. The Bertz CT molecular complexity index is 700. The Kier molecular flexibility index (Phi) is 5.76. The summed E-state index contributed by atoms with van der Waals surface area (Å²) in [6.07, 6.45) is 3.11. The van der Waals surface area contributed by atoms with E-state index in [4.69, 9.17) is 18.9 Å². The number of nitrogens with zero attached hydrogens (tertiary/aromatic N) is 1. The molecule has 0 amide bonds. The van der Waals surface area contributed by atoms with E-state index in [0.717, 1.165) is 63.4 Å². The fraction of sp³-hybridized carbons (Fsp3) is 0.727. The number of ether oxygens (including phenoxy) is 4. The third-order valence-electron chi connectivity index (χ3n) is 6.85. The van der Waals surface area contributed by atoms with E-state index < -0.39 is 0 Å². The van der Waals surface area contributed by atoms with Crippen molar-refractivity contribution in [2.45, 2.75) is 42.9 Å². The van der Waals surface area contributed by atoms with E-state index in [0.29, 0.717) is 38.4 Å². The van der Waals surface area contributed by atoms with Gasteiger partial charge in [-0.05, 0) is 56.5 Å². The zero-order chi connectivity index (χ0) is 19.7. The molecule has 160 valence electrons. The van der Waals surface area contributed by atoms with Gasteiger partial charge in [0, 0.05) is 24.7 Å². The van der Waals surface area contributed by atoms with E-state index in [9.17, 15) is 4.39 Å². The van der Waals surface area contributed by atoms with Gasteiger partial charge in [0.25, 0.3) is 0 Å². The van der Waals surface area contributed by atoms with E-state index >= 15 is 0 Å². The van der Waals surface area contributed by atoms with Gasteiger partial charge in [0.1, 0.15) is 24.3 Å². The first-order valence-electron chi connectivity index (χ1n) is 10.9. The van der Waals surface area contributed by atoms with Gasteiger partial charge < -0.3 is 24.3 Å². The van der Waals surface area contributed by atoms with Crippen molar-refractivity contribution in [3.05, 3.63) is 29.6 Å². The largest absolute Gasteiger partial charge is 0.490 e. The lowest BCUT2D eigenvalue weighted by Crippen LogP contribution is -2.59. The van der Waals surface area contributed by atoms with E-state index in [1.54, 1.807) is 12.1 Å². The molecule has 4 heterocycles. The molecule has 0 saturated carbocycles. The number of rotatable bonds is 5. The molecule has 1 aromatic carbocycles. The maximum atomic E-state index is 14.0. The van der Waals surface area contributed by atoms with Crippen LogP contribution in [0.25, 0.3) is 0 Å². The first kappa shape index (κ1) is 19.7. The molecule has 6 nitrogen and oxygen atoms in total. The third-order valence-corrected chi connectivity index (χ3v) is 6.85. The van der Waals surface area contributed by atoms with Crippen LogP contribution in [0.3, 0.4) is 0 Å². The van der Waals surface area contributed by atoms with Crippen LogP contribution in [0.15, 0.2) is 18.2 Å². The maximum absolute atomic E-state index is 14.0. The molecule has 0 unspecified atom stereocenters. The number of nitrogens with one attached hydrogen (secondary N) is 1. The maximum Gasteiger partial charge on any atom is 0.123 e. The second kappa shape index (κ2) is 8.47. The number of benzene rings is 1. The van der Waals surface area contributed by atoms with Gasteiger partial charge in [-0.15, -0.1) is 0 Å². The zero-order valence-corrected chi connectivity index (χ0v) is 16.9. The smallest absolute Gasteiger partial charge is 0.123 e. The quantitative estimate of drug-likeness (QED) is 0.807. The molecule has 1 spiro atoms. The summed E-state index contributed by atoms with van der Waals surface area (Å²) in [6, 6.07) is 5.42. The van der Waals surface area contributed by atoms with Crippen molar-refractivity contribution in [3.8, 4) is 5.75 Å². The van der Waals surface area contributed by atoms with Crippen LogP contribution >= 0.6 is 0 Å². The van der Waals surface area contributed by atoms with E-state index in [1.807, 2.05) is 0 Å². The summed E-state index contributed by atoms with van der Waals surface area (Å²) in [5.41, 5.74) is 1.08. The van der Waals surface area contributed by atoms with Crippen LogP contribution in [0, 0.1) is 5.82 Å². The van der Waals surface area contributed by atoms with Crippen LogP contribution in [0.5, 0.6) is 5.75 Å². The van der Waals surface area contributed by atoms with Crippen molar-refractivity contribution < 1.29 is 23.3 Å². The van der Waals surface area contributed by atoms with Gasteiger partial charge in [0.05, 0.1) is 32.0 Å². The lowest BCUT2D eigenvalue weighted by molar-refractivity contribution is -0.101. The minimum atomic E-state index is -0.198. The Hall–Kier alpha value is -1.25. The molecule has 7 heteroatoms. The molecule has 4 saturated heterocycles. The Morgan fingerprint density at radius 1 is 1.17 bits per heavy atom. The summed E-state index contributed by atoms with van der Waals surface area (Å²) in [5.74, 6) is 0.903. The molecule has 5 rings (SSSR count). The molecule has 0 bridgehead atoms. The molecule has 0 radical (unpaired) electrons. The van der Waals surface area contributed by atoms with Crippen LogP contribution in [-0.2, 0) is 14.2 Å². The fourth-order valence-electron chi connectivity index (χ4n) is 5.07. The van der Waals surface area contributed by atoms with Crippen molar-refractivity contribution >= 4 is 0 Å². The van der Waals surface area contributed by atoms with Crippen molar-refractivity contribution in [2.24, 2.45) is 0 Å². The number of hydrogen-bond acceptors (Lipinski definition) is 6. The number of hydrogen-bond donors (Lipinski definition) is 1. The lowest BCUT2D eigenvalue weighted by Gasteiger charge is -2.40. The summed E-state index contributed by atoms with van der Waals surface area (Å²) in [5, 5.41) is 3.33. The second-order valence-corrected chi connectivity index (χ2v) is 8.83. The average molecular weight is 406 g/mol. The van der Waals surface area contributed by atoms with Gasteiger partial charge in [-0.1, -0.05) is 0 Å². The van der Waals surface area contributed by atoms with E-state index in [1.165, 1.54) is 6.07 Å². The number of piperidine rings is 1. The van der Waals surface area contributed by atoms with Crippen molar-refractivity contribution in [2.75, 3.05) is 59.2 Å². The highest BCUT2D eigenvalue weighted by Gasteiger charge is 2.47. The Balaban J connectivity index is 1.19. The van der Waals surface area contributed by atoms with E-state index in [2.05, 4.69) is 10.2 Å². The van der Waals surface area contributed by atoms with Gasteiger partial charge in [-0.2, -0.15) is 0 Å². The van der Waals surface area contributed by atoms with Crippen LogP contribution in [0.1, 0.15) is 30.7 Å².